The van der Waals surface area contributed by atoms with E-state index in [2.05, 4.69) is 29.7 Å². The first kappa shape index (κ1) is 16.6. The number of hydrogen-bond donors (Lipinski definition) is 0. The van der Waals surface area contributed by atoms with Crippen molar-refractivity contribution in [3.8, 4) is 6.07 Å². The van der Waals surface area contributed by atoms with E-state index < -0.39 is 0 Å². The van der Waals surface area contributed by atoms with Gasteiger partial charge in [0.15, 0.2) is 0 Å². The Balaban J connectivity index is 2.25. The molecular weight excluding hydrogens is 305 g/mol. The number of likely N-dealkylation sites (N-methyl/N-ethyl adjacent to an activating group) is 1. The molecule has 1 heterocycles. The van der Waals surface area contributed by atoms with Crippen LogP contribution in [-0.4, -0.2) is 42.0 Å². The molecule has 0 N–H and O–H groups in total. The SMILES string of the molecule is CCC1CN(C(C#N)c2c(Cl)cccc2Cl)CCN1CC. The lowest BCUT2D eigenvalue weighted by Gasteiger charge is -2.42. The van der Waals surface area contributed by atoms with E-state index in [-0.39, 0.29) is 6.04 Å². The predicted octanol–water partition coefficient (Wildman–Crippen LogP) is 3.97. The molecule has 2 unspecified atom stereocenters. The summed E-state index contributed by atoms with van der Waals surface area (Å²) in [7, 11) is 0. The van der Waals surface area contributed by atoms with Gasteiger partial charge in [0.25, 0.3) is 0 Å². The van der Waals surface area contributed by atoms with Crippen LogP contribution in [0.4, 0.5) is 0 Å². The second-order valence-corrected chi connectivity index (χ2v) is 6.17. The Labute approximate surface area is 137 Å². The third kappa shape index (κ3) is 3.52. The number of benzene rings is 1. The Hall–Kier alpha value is -0.790. The van der Waals surface area contributed by atoms with Crippen LogP contribution in [0.2, 0.25) is 10.0 Å². The van der Waals surface area contributed by atoms with E-state index in [9.17, 15) is 5.26 Å². The van der Waals surface area contributed by atoms with E-state index in [0.29, 0.717) is 16.1 Å². The van der Waals surface area contributed by atoms with Crippen LogP contribution in [0.3, 0.4) is 0 Å². The van der Waals surface area contributed by atoms with E-state index in [1.807, 2.05) is 6.07 Å². The van der Waals surface area contributed by atoms with Gasteiger partial charge in [0, 0.05) is 41.3 Å². The van der Waals surface area contributed by atoms with Crippen LogP contribution in [0, 0.1) is 11.3 Å². The van der Waals surface area contributed by atoms with Gasteiger partial charge in [-0.1, -0.05) is 43.1 Å². The van der Waals surface area contributed by atoms with Gasteiger partial charge in [-0.3, -0.25) is 9.80 Å². The number of rotatable bonds is 4. The highest BCUT2D eigenvalue weighted by molar-refractivity contribution is 6.36. The molecule has 0 aromatic heterocycles. The summed E-state index contributed by atoms with van der Waals surface area (Å²) in [5.74, 6) is 0. The Bertz CT molecular complexity index is 506. The predicted molar refractivity (Wildman–Crippen MR) is 87.7 cm³/mol. The molecule has 1 aliphatic rings. The van der Waals surface area contributed by atoms with Crippen molar-refractivity contribution in [3.05, 3.63) is 33.8 Å². The van der Waals surface area contributed by atoms with E-state index in [1.54, 1.807) is 12.1 Å². The molecule has 21 heavy (non-hydrogen) atoms. The molecule has 0 aliphatic carbocycles. The summed E-state index contributed by atoms with van der Waals surface area (Å²) in [5.41, 5.74) is 0.739. The Morgan fingerprint density at radius 2 is 1.95 bits per heavy atom. The first-order chi connectivity index (χ1) is 10.1. The minimum Gasteiger partial charge on any atom is -0.298 e. The lowest BCUT2D eigenvalue weighted by atomic mass is 10.0. The maximum atomic E-state index is 9.64. The average Bonchev–Trinajstić information content (AvgIpc) is 2.50. The summed E-state index contributed by atoms with van der Waals surface area (Å²) in [6, 6.07) is 7.91. The van der Waals surface area contributed by atoms with Crippen molar-refractivity contribution in [2.45, 2.75) is 32.4 Å². The van der Waals surface area contributed by atoms with Crippen molar-refractivity contribution >= 4 is 23.2 Å². The van der Waals surface area contributed by atoms with Crippen LogP contribution >= 0.6 is 23.2 Å². The Morgan fingerprint density at radius 1 is 1.29 bits per heavy atom. The highest BCUT2D eigenvalue weighted by Gasteiger charge is 2.31. The molecule has 1 saturated heterocycles. The van der Waals surface area contributed by atoms with Crippen molar-refractivity contribution in [2.24, 2.45) is 0 Å². The number of nitrogens with zero attached hydrogens (tertiary/aromatic N) is 3. The van der Waals surface area contributed by atoms with Crippen LogP contribution in [-0.2, 0) is 0 Å². The van der Waals surface area contributed by atoms with Crippen LogP contribution < -0.4 is 0 Å². The summed E-state index contributed by atoms with van der Waals surface area (Å²) in [6.07, 6.45) is 1.08. The van der Waals surface area contributed by atoms with Crippen molar-refractivity contribution in [3.63, 3.8) is 0 Å². The van der Waals surface area contributed by atoms with E-state index in [1.165, 1.54) is 0 Å². The molecule has 5 heteroatoms. The maximum absolute atomic E-state index is 9.64. The van der Waals surface area contributed by atoms with Crippen LogP contribution in [0.5, 0.6) is 0 Å². The van der Waals surface area contributed by atoms with Gasteiger partial charge in [-0.2, -0.15) is 5.26 Å². The van der Waals surface area contributed by atoms with Gasteiger partial charge in [0.1, 0.15) is 6.04 Å². The average molecular weight is 326 g/mol. The van der Waals surface area contributed by atoms with E-state index >= 15 is 0 Å². The molecule has 1 aromatic carbocycles. The molecule has 1 aliphatic heterocycles. The summed E-state index contributed by atoms with van der Waals surface area (Å²) in [6.45, 7) is 8.16. The van der Waals surface area contributed by atoms with Crippen molar-refractivity contribution in [1.82, 2.24) is 9.80 Å². The fourth-order valence-corrected chi connectivity index (χ4v) is 3.66. The molecule has 0 saturated carbocycles. The molecule has 2 atom stereocenters. The zero-order valence-corrected chi connectivity index (χ0v) is 14.0. The van der Waals surface area contributed by atoms with Gasteiger partial charge in [0.2, 0.25) is 0 Å². The summed E-state index contributed by atoms with van der Waals surface area (Å²) >= 11 is 12.6. The summed E-state index contributed by atoms with van der Waals surface area (Å²) < 4.78 is 0. The second-order valence-electron chi connectivity index (χ2n) is 5.35. The molecule has 1 fully saturated rings. The highest BCUT2D eigenvalue weighted by atomic mass is 35.5. The number of piperazine rings is 1. The standard InChI is InChI=1S/C16H21Cl2N3/c1-3-12-11-21(9-8-20(12)4-2)15(10-19)16-13(17)6-5-7-14(16)18/h5-7,12,15H,3-4,8-9,11H2,1-2H3. The van der Waals surface area contributed by atoms with E-state index in [4.69, 9.17) is 23.2 Å². The van der Waals surface area contributed by atoms with Crippen molar-refractivity contribution in [2.75, 3.05) is 26.2 Å². The quantitative estimate of drug-likeness (QED) is 0.838. The summed E-state index contributed by atoms with van der Waals surface area (Å²) in [5, 5.41) is 10.8. The number of halogens is 2. The maximum Gasteiger partial charge on any atom is 0.126 e. The van der Waals surface area contributed by atoms with Gasteiger partial charge in [-0.15, -0.1) is 0 Å². The van der Waals surface area contributed by atoms with Gasteiger partial charge in [0.05, 0.1) is 6.07 Å². The summed E-state index contributed by atoms with van der Waals surface area (Å²) in [4.78, 5) is 4.67. The zero-order chi connectivity index (χ0) is 15.4. The first-order valence-electron chi connectivity index (χ1n) is 7.43. The Morgan fingerprint density at radius 3 is 2.48 bits per heavy atom. The molecular formula is C16H21Cl2N3. The third-order valence-corrected chi connectivity index (χ3v) is 4.93. The minimum absolute atomic E-state index is 0.376. The minimum atomic E-state index is -0.376. The van der Waals surface area contributed by atoms with E-state index in [0.717, 1.165) is 38.2 Å². The molecule has 0 bridgehead atoms. The van der Waals surface area contributed by atoms with Crippen LogP contribution in [0.15, 0.2) is 18.2 Å². The van der Waals surface area contributed by atoms with Gasteiger partial charge in [-0.05, 0) is 25.1 Å². The number of hydrogen-bond acceptors (Lipinski definition) is 3. The zero-order valence-electron chi connectivity index (χ0n) is 12.5. The molecule has 1 aromatic rings. The fourth-order valence-electron chi connectivity index (χ4n) is 3.06. The van der Waals surface area contributed by atoms with Crippen molar-refractivity contribution in [1.29, 1.82) is 5.26 Å². The lowest BCUT2D eigenvalue weighted by Crippen LogP contribution is -2.53. The van der Waals surface area contributed by atoms with Gasteiger partial charge >= 0.3 is 0 Å². The molecule has 0 radical (unpaired) electrons. The normalized spacial score (nSPS) is 22.0. The Kier molecular flexibility index (Phi) is 5.89. The van der Waals surface area contributed by atoms with Gasteiger partial charge < -0.3 is 0 Å². The molecule has 0 spiro atoms. The molecule has 0 amide bonds. The second kappa shape index (κ2) is 7.47. The monoisotopic (exact) mass is 325 g/mol. The van der Waals surface area contributed by atoms with Crippen molar-refractivity contribution < 1.29 is 0 Å². The topological polar surface area (TPSA) is 30.3 Å². The highest BCUT2D eigenvalue weighted by Crippen LogP contribution is 2.34. The molecule has 114 valence electrons. The van der Waals surface area contributed by atoms with Gasteiger partial charge in [-0.25, -0.2) is 0 Å². The van der Waals surface area contributed by atoms with Crippen LogP contribution in [0.25, 0.3) is 0 Å². The molecule has 2 rings (SSSR count). The first-order valence-corrected chi connectivity index (χ1v) is 8.19. The molecule has 3 nitrogen and oxygen atoms in total. The lowest BCUT2D eigenvalue weighted by molar-refractivity contribution is 0.0624. The van der Waals surface area contributed by atoms with Crippen LogP contribution in [0.1, 0.15) is 31.9 Å². The number of nitriles is 1. The largest absolute Gasteiger partial charge is 0.298 e. The fraction of sp³-hybridized carbons (Fsp3) is 0.562. The smallest absolute Gasteiger partial charge is 0.126 e. The third-order valence-electron chi connectivity index (χ3n) is 4.27.